The van der Waals surface area contributed by atoms with E-state index in [4.69, 9.17) is 5.11 Å². The van der Waals surface area contributed by atoms with Crippen molar-refractivity contribution in [3.63, 3.8) is 0 Å². The van der Waals surface area contributed by atoms with E-state index in [0.29, 0.717) is 6.42 Å². The van der Waals surface area contributed by atoms with Gasteiger partial charge in [-0.15, -0.1) is 0 Å². The summed E-state index contributed by atoms with van der Waals surface area (Å²) in [4.78, 5) is 14.7. The number of nitrogens with zero attached hydrogens (tertiary/aromatic N) is 1. The number of hydrogen-bond donors (Lipinski definition) is 2. The zero-order chi connectivity index (χ0) is 9.97. The second-order valence-electron chi connectivity index (χ2n) is 3.47. The molecule has 1 fully saturated rings. The molecule has 2 heterocycles. The predicted octanol–water partition coefficient (Wildman–Crippen LogP) is 0.959. The number of carboxylic acid groups (broad SMARTS) is 1. The van der Waals surface area contributed by atoms with Gasteiger partial charge in [-0.05, 0) is 24.5 Å². The van der Waals surface area contributed by atoms with Crippen LogP contribution in [-0.2, 0) is 4.79 Å². The van der Waals surface area contributed by atoms with Crippen LogP contribution >= 0.6 is 0 Å². The van der Waals surface area contributed by atoms with E-state index in [-0.39, 0.29) is 6.04 Å². The first-order valence-corrected chi connectivity index (χ1v) is 4.66. The monoisotopic (exact) mass is 192 g/mol. The highest BCUT2D eigenvalue weighted by atomic mass is 16.4. The summed E-state index contributed by atoms with van der Waals surface area (Å²) in [6.07, 6.45) is 5.05. The molecule has 1 aromatic rings. The molecule has 1 aromatic heterocycles. The van der Waals surface area contributed by atoms with Gasteiger partial charge in [-0.2, -0.15) is 0 Å². The topological polar surface area (TPSA) is 62.2 Å². The standard InChI is InChI=1S/C10H12N2O2/c13-10(14)9-4-3-8(12-9)7-2-1-5-11-6-7/h1-2,5-6,8-9,12H,3-4H2,(H,13,14). The first-order valence-electron chi connectivity index (χ1n) is 4.66. The van der Waals surface area contributed by atoms with E-state index in [2.05, 4.69) is 10.3 Å². The van der Waals surface area contributed by atoms with E-state index in [1.54, 1.807) is 12.4 Å². The Labute approximate surface area is 82.0 Å². The molecule has 1 aliphatic heterocycles. The van der Waals surface area contributed by atoms with E-state index < -0.39 is 12.0 Å². The summed E-state index contributed by atoms with van der Waals surface area (Å²) in [5.74, 6) is -0.767. The number of pyridine rings is 1. The smallest absolute Gasteiger partial charge is 0.320 e. The molecule has 2 atom stereocenters. The van der Waals surface area contributed by atoms with Gasteiger partial charge in [0.05, 0.1) is 0 Å². The molecule has 14 heavy (non-hydrogen) atoms. The Morgan fingerprint density at radius 3 is 3.00 bits per heavy atom. The molecule has 4 nitrogen and oxygen atoms in total. The van der Waals surface area contributed by atoms with Crippen LogP contribution in [0.25, 0.3) is 0 Å². The fourth-order valence-corrected chi connectivity index (χ4v) is 1.78. The van der Waals surface area contributed by atoms with Gasteiger partial charge < -0.3 is 5.11 Å². The fraction of sp³-hybridized carbons (Fsp3) is 0.400. The summed E-state index contributed by atoms with van der Waals surface area (Å²) in [6.45, 7) is 0. The van der Waals surface area contributed by atoms with E-state index >= 15 is 0 Å². The summed E-state index contributed by atoms with van der Waals surface area (Å²) in [5.41, 5.74) is 1.07. The number of aliphatic carboxylic acids is 1. The third-order valence-electron chi connectivity index (χ3n) is 2.53. The van der Waals surface area contributed by atoms with Gasteiger partial charge >= 0.3 is 5.97 Å². The zero-order valence-corrected chi connectivity index (χ0v) is 7.68. The lowest BCUT2D eigenvalue weighted by atomic mass is 10.1. The highest BCUT2D eigenvalue weighted by molar-refractivity contribution is 5.73. The maximum Gasteiger partial charge on any atom is 0.320 e. The summed E-state index contributed by atoms with van der Waals surface area (Å²) in [6, 6.07) is 3.57. The Bertz CT molecular complexity index is 326. The van der Waals surface area contributed by atoms with Crippen molar-refractivity contribution in [2.45, 2.75) is 24.9 Å². The lowest BCUT2D eigenvalue weighted by Crippen LogP contribution is -2.31. The average Bonchev–Trinajstić information content (AvgIpc) is 2.68. The molecule has 0 aromatic carbocycles. The lowest BCUT2D eigenvalue weighted by molar-refractivity contribution is -0.139. The molecule has 2 unspecified atom stereocenters. The second-order valence-corrected chi connectivity index (χ2v) is 3.47. The summed E-state index contributed by atoms with van der Waals surface area (Å²) >= 11 is 0. The minimum absolute atomic E-state index is 0.143. The van der Waals surface area contributed by atoms with Crippen LogP contribution in [0.3, 0.4) is 0 Å². The van der Waals surface area contributed by atoms with Gasteiger partial charge in [-0.3, -0.25) is 15.1 Å². The fourth-order valence-electron chi connectivity index (χ4n) is 1.78. The number of carbonyl (C=O) groups is 1. The molecule has 2 N–H and O–H groups in total. The number of carboxylic acids is 1. The molecule has 0 saturated carbocycles. The highest BCUT2D eigenvalue weighted by Gasteiger charge is 2.29. The van der Waals surface area contributed by atoms with E-state index in [0.717, 1.165) is 12.0 Å². The first kappa shape index (κ1) is 9.15. The zero-order valence-electron chi connectivity index (χ0n) is 7.68. The minimum atomic E-state index is -0.767. The van der Waals surface area contributed by atoms with Gasteiger partial charge in [0.15, 0.2) is 0 Å². The molecular weight excluding hydrogens is 180 g/mol. The van der Waals surface area contributed by atoms with Gasteiger partial charge in [0.1, 0.15) is 6.04 Å². The SMILES string of the molecule is O=C(O)C1CCC(c2cccnc2)N1. The quantitative estimate of drug-likeness (QED) is 0.732. The van der Waals surface area contributed by atoms with Crippen molar-refractivity contribution in [3.8, 4) is 0 Å². The first-order chi connectivity index (χ1) is 6.77. The number of nitrogens with one attached hydrogen (secondary N) is 1. The predicted molar refractivity (Wildman–Crippen MR) is 50.8 cm³/mol. The molecular formula is C10H12N2O2. The normalized spacial score (nSPS) is 26.3. The van der Waals surface area contributed by atoms with E-state index in [9.17, 15) is 4.79 Å². The van der Waals surface area contributed by atoms with Crippen LogP contribution in [0.5, 0.6) is 0 Å². The molecule has 0 bridgehead atoms. The summed E-state index contributed by atoms with van der Waals surface area (Å²) in [5, 5.41) is 11.9. The third-order valence-corrected chi connectivity index (χ3v) is 2.53. The Balaban J connectivity index is 2.06. The maximum atomic E-state index is 10.7. The highest BCUT2D eigenvalue weighted by Crippen LogP contribution is 2.25. The van der Waals surface area contributed by atoms with Gasteiger partial charge in [-0.25, -0.2) is 0 Å². The number of aromatic nitrogens is 1. The number of hydrogen-bond acceptors (Lipinski definition) is 3. The lowest BCUT2D eigenvalue weighted by Gasteiger charge is -2.11. The third kappa shape index (κ3) is 1.75. The Kier molecular flexibility index (Phi) is 2.45. The molecule has 0 amide bonds. The van der Waals surface area contributed by atoms with Gasteiger partial charge in [-0.1, -0.05) is 6.07 Å². The Morgan fingerprint density at radius 1 is 1.57 bits per heavy atom. The van der Waals surface area contributed by atoms with Crippen molar-refractivity contribution in [1.82, 2.24) is 10.3 Å². The van der Waals surface area contributed by atoms with Gasteiger partial charge in [0.2, 0.25) is 0 Å². The van der Waals surface area contributed by atoms with Crippen molar-refractivity contribution < 1.29 is 9.90 Å². The van der Waals surface area contributed by atoms with Crippen LogP contribution in [0.4, 0.5) is 0 Å². The van der Waals surface area contributed by atoms with Crippen molar-refractivity contribution in [2.24, 2.45) is 0 Å². The van der Waals surface area contributed by atoms with Crippen LogP contribution < -0.4 is 5.32 Å². The average molecular weight is 192 g/mol. The van der Waals surface area contributed by atoms with Crippen LogP contribution in [0, 0.1) is 0 Å². The second kappa shape index (κ2) is 3.75. The van der Waals surface area contributed by atoms with Crippen molar-refractivity contribution in [2.75, 3.05) is 0 Å². The van der Waals surface area contributed by atoms with Crippen LogP contribution in [0.15, 0.2) is 24.5 Å². The van der Waals surface area contributed by atoms with Gasteiger partial charge in [0, 0.05) is 18.4 Å². The summed E-state index contributed by atoms with van der Waals surface area (Å²) < 4.78 is 0. The summed E-state index contributed by atoms with van der Waals surface area (Å²) in [7, 11) is 0. The number of rotatable bonds is 2. The molecule has 0 radical (unpaired) electrons. The van der Waals surface area contributed by atoms with Crippen molar-refractivity contribution >= 4 is 5.97 Å². The Morgan fingerprint density at radius 2 is 2.43 bits per heavy atom. The van der Waals surface area contributed by atoms with E-state index in [1.807, 2.05) is 12.1 Å². The molecule has 1 aliphatic rings. The van der Waals surface area contributed by atoms with Crippen LogP contribution in [0.1, 0.15) is 24.4 Å². The molecule has 2 rings (SSSR count). The Hall–Kier alpha value is -1.42. The largest absolute Gasteiger partial charge is 0.480 e. The van der Waals surface area contributed by atoms with E-state index in [1.165, 1.54) is 0 Å². The van der Waals surface area contributed by atoms with Gasteiger partial charge in [0.25, 0.3) is 0 Å². The molecule has 0 aliphatic carbocycles. The van der Waals surface area contributed by atoms with Crippen LogP contribution in [0.2, 0.25) is 0 Å². The van der Waals surface area contributed by atoms with Crippen molar-refractivity contribution in [1.29, 1.82) is 0 Å². The maximum absolute atomic E-state index is 10.7. The molecule has 1 saturated heterocycles. The molecule has 0 spiro atoms. The van der Waals surface area contributed by atoms with Crippen molar-refractivity contribution in [3.05, 3.63) is 30.1 Å². The molecule has 4 heteroatoms. The van der Waals surface area contributed by atoms with Crippen LogP contribution in [-0.4, -0.2) is 22.1 Å². The minimum Gasteiger partial charge on any atom is -0.480 e. The molecule has 74 valence electrons.